The molecule has 0 aliphatic carbocycles. The molecule has 1 N–H and O–H groups in total. The maximum Gasteiger partial charge on any atom is 0.307 e. The van der Waals surface area contributed by atoms with Crippen molar-refractivity contribution in [1.82, 2.24) is 10.2 Å². The number of likely N-dealkylation sites (tertiary alicyclic amines) is 1. The van der Waals surface area contributed by atoms with Crippen LogP contribution in [0.15, 0.2) is 0 Å². The van der Waals surface area contributed by atoms with Gasteiger partial charge in [-0.1, -0.05) is 6.92 Å². The first kappa shape index (κ1) is 16.3. The number of nitrogens with zero attached hydrogens (tertiary/aromatic N) is 1. The molecule has 1 amide bonds. The lowest BCUT2D eigenvalue weighted by molar-refractivity contribution is -0.150. The molecule has 2 rings (SSSR count). The number of rotatable bonds is 4. The molecule has 0 spiro atoms. The van der Waals surface area contributed by atoms with Gasteiger partial charge in [-0.2, -0.15) is 0 Å². The summed E-state index contributed by atoms with van der Waals surface area (Å²) in [5, 5.41) is 3.37. The predicted octanol–water partition coefficient (Wildman–Crippen LogP) is 1.71. The van der Waals surface area contributed by atoms with E-state index in [4.69, 9.17) is 4.74 Å². The molecule has 5 heteroatoms. The van der Waals surface area contributed by atoms with Crippen molar-refractivity contribution in [1.29, 1.82) is 0 Å². The van der Waals surface area contributed by atoms with Gasteiger partial charge in [-0.05, 0) is 45.1 Å². The maximum atomic E-state index is 13.1. The summed E-state index contributed by atoms with van der Waals surface area (Å²) in [7, 11) is 1.41. The largest absolute Gasteiger partial charge is 0.469 e. The summed E-state index contributed by atoms with van der Waals surface area (Å²) >= 11 is 0. The van der Waals surface area contributed by atoms with Crippen LogP contribution in [0.5, 0.6) is 0 Å². The fourth-order valence-electron chi connectivity index (χ4n) is 3.66. The Labute approximate surface area is 127 Å². The molecule has 21 heavy (non-hydrogen) atoms. The Morgan fingerprint density at radius 2 is 2.14 bits per heavy atom. The van der Waals surface area contributed by atoms with E-state index in [-0.39, 0.29) is 23.3 Å². The third-order valence-corrected chi connectivity index (χ3v) is 5.12. The van der Waals surface area contributed by atoms with E-state index in [0.717, 1.165) is 58.2 Å². The quantitative estimate of drug-likeness (QED) is 0.802. The van der Waals surface area contributed by atoms with Crippen molar-refractivity contribution >= 4 is 11.9 Å². The van der Waals surface area contributed by atoms with E-state index in [0.29, 0.717) is 6.42 Å². The second-order valence-electron chi connectivity index (χ2n) is 6.34. The molecule has 2 heterocycles. The van der Waals surface area contributed by atoms with Crippen LogP contribution in [0.3, 0.4) is 0 Å². The zero-order valence-electron chi connectivity index (χ0n) is 13.3. The van der Waals surface area contributed by atoms with Gasteiger partial charge in [-0.15, -0.1) is 0 Å². The minimum Gasteiger partial charge on any atom is -0.469 e. The van der Waals surface area contributed by atoms with E-state index < -0.39 is 0 Å². The van der Waals surface area contributed by atoms with E-state index >= 15 is 0 Å². The highest BCUT2D eigenvalue weighted by Gasteiger charge is 2.43. The second-order valence-corrected chi connectivity index (χ2v) is 6.34. The molecule has 0 aromatic carbocycles. The SMILES string of the molecule is CCC1(C(=O)N2CCCCC2CC(=O)OC)CCCNC1. The van der Waals surface area contributed by atoms with E-state index in [1.807, 2.05) is 4.90 Å². The van der Waals surface area contributed by atoms with Crippen molar-refractivity contribution in [2.45, 2.75) is 57.9 Å². The highest BCUT2D eigenvalue weighted by molar-refractivity contribution is 5.84. The van der Waals surface area contributed by atoms with Crippen LogP contribution in [0.2, 0.25) is 0 Å². The average molecular weight is 296 g/mol. The summed E-state index contributed by atoms with van der Waals surface area (Å²) in [6.45, 7) is 4.65. The van der Waals surface area contributed by atoms with Crippen LogP contribution in [0.4, 0.5) is 0 Å². The molecular formula is C16H28N2O3. The first-order valence-electron chi connectivity index (χ1n) is 8.21. The number of carbonyl (C=O) groups is 2. The predicted molar refractivity (Wildman–Crippen MR) is 80.8 cm³/mol. The van der Waals surface area contributed by atoms with Gasteiger partial charge in [0.15, 0.2) is 0 Å². The molecule has 5 nitrogen and oxygen atoms in total. The van der Waals surface area contributed by atoms with Crippen LogP contribution in [0, 0.1) is 5.41 Å². The summed E-state index contributed by atoms with van der Waals surface area (Å²) in [4.78, 5) is 26.7. The molecule has 120 valence electrons. The Kier molecular flexibility index (Phi) is 5.62. The first-order valence-corrected chi connectivity index (χ1v) is 8.21. The molecule has 2 aliphatic heterocycles. The zero-order chi connectivity index (χ0) is 15.3. The van der Waals surface area contributed by atoms with E-state index in [1.54, 1.807) is 0 Å². The number of methoxy groups -OCH3 is 1. The molecular weight excluding hydrogens is 268 g/mol. The standard InChI is InChI=1S/C16H28N2O3/c1-3-16(8-6-9-17-12-16)15(20)18-10-5-4-7-13(18)11-14(19)21-2/h13,17H,3-12H2,1-2H3. The van der Waals surface area contributed by atoms with Gasteiger partial charge in [-0.3, -0.25) is 9.59 Å². The van der Waals surface area contributed by atoms with Gasteiger partial charge in [0.05, 0.1) is 18.9 Å². The summed E-state index contributed by atoms with van der Waals surface area (Å²) in [5.74, 6) is 0.0258. The molecule has 0 aromatic heterocycles. The third kappa shape index (κ3) is 3.57. The molecule has 0 radical (unpaired) electrons. The van der Waals surface area contributed by atoms with Crippen molar-refractivity contribution in [3.63, 3.8) is 0 Å². The number of amides is 1. The minimum absolute atomic E-state index is 0.0176. The second kappa shape index (κ2) is 7.25. The van der Waals surface area contributed by atoms with Crippen LogP contribution in [0.1, 0.15) is 51.9 Å². The van der Waals surface area contributed by atoms with Crippen LogP contribution >= 0.6 is 0 Å². The van der Waals surface area contributed by atoms with Crippen LogP contribution < -0.4 is 5.32 Å². The fraction of sp³-hybridized carbons (Fsp3) is 0.875. The third-order valence-electron chi connectivity index (χ3n) is 5.12. The summed E-state index contributed by atoms with van der Waals surface area (Å²) in [6.07, 6.45) is 6.23. The average Bonchev–Trinajstić information content (AvgIpc) is 2.55. The van der Waals surface area contributed by atoms with E-state index in [1.165, 1.54) is 7.11 Å². The van der Waals surface area contributed by atoms with Crippen molar-refractivity contribution in [3.8, 4) is 0 Å². The molecule has 2 aliphatic rings. The van der Waals surface area contributed by atoms with Gasteiger partial charge in [0.2, 0.25) is 5.91 Å². The molecule has 0 saturated carbocycles. The van der Waals surface area contributed by atoms with Gasteiger partial charge in [0.25, 0.3) is 0 Å². The lowest BCUT2D eigenvalue weighted by Gasteiger charge is -2.44. The Hall–Kier alpha value is -1.10. The van der Waals surface area contributed by atoms with Crippen molar-refractivity contribution in [2.24, 2.45) is 5.41 Å². The van der Waals surface area contributed by atoms with Crippen molar-refractivity contribution in [3.05, 3.63) is 0 Å². The fourth-order valence-corrected chi connectivity index (χ4v) is 3.66. The van der Waals surface area contributed by atoms with Crippen LogP contribution in [0.25, 0.3) is 0 Å². The lowest BCUT2D eigenvalue weighted by Crippen LogP contribution is -2.55. The lowest BCUT2D eigenvalue weighted by atomic mass is 9.76. The Balaban J connectivity index is 2.11. The van der Waals surface area contributed by atoms with E-state index in [9.17, 15) is 9.59 Å². The van der Waals surface area contributed by atoms with Crippen LogP contribution in [-0.2, 0) is 14.3 Å². The van der Waals surface area contributed by atoms with Crippen molar-refractivity contribution in [2.75, 3.05) is 26.7 Å². The Morgan fingerprint density at radius 3 is 2.76 bits per heavy atom. The molecule has 2 unspecified atom stereocenters. The van der Waals surface area contributed by atoms with Gasteiger partial charge >= 0.3 is 5.97 Å². The minimum atomic E-state index is -0.274. The highest BCUT2D eigenvalue weighted by atomic mass is 16.5. The normalized spacial score (nSPS) is 30.0. The number of ether oxygens (including phenoxy) is 1. The van der Waals surface area contributed by atoms with Gasteiger partial charge < -0.3 is 15.0 Å². The Morgan fingerprint density at radius 1 is 1.33 bits per heavy atom. The monoisotopic (exact) mass is 296 g/mol. The van der Waals surface area contributed by atoms with Gasteiger partial charge in [0.1, 0.15) is 0 Å². The zero-order valence-corrected chi connectivity index (χ0v) is 13.3. The van der Waals surface area contributed by atoms with E-state index in [2.05, 4.69) is 12.2 Å². The first-order chi connectivity index (χ1) is 10.1. The molecule has 2 atom stereocenters. The molecule has 2 saturated heterocycles. The summed E-state index contributed by atoms with van der Waals surface area (Å²) in [5.41, 5.74) is -0.274. The van der Waals surface area contributed by atoms with Crippen molar-refractivity contribution < 1.29 is 14.3 Å². The Bertz CT molecular complexity index is 378. The molecule has 2 fully saturated rings. The molecule has 0 bridgehead atoms. The van der Waals surface area contributed by atoms with Gasteiger partial charge in [-0.25, -0.2) is 0 Å². The number of esters is 1. The summed E-state index contributed by atoms with van der Waals surface area (Å²) in [6, 6.07) is 0.0176. The van der Waals surface area contributed by atoms with Crippen LogP contribution in [-0.4, -0.2) is 49.6 Å². The number of piperidine rings is 2. The smallest absolute Gasteiger partial charge is 0.307 e. The van der Waals surface area contributed by atoms with Gasteiger partial charge in [0, 0.05) is 19.1 Å². The number of nitrogens with one attached hydrogen (secondary N) is 1. The summed E-state index contributed by atoms with van der Waals surface area (Å²) < 4.78 is 4.79. The highest BCUT2D eigenvalue weighted by Crippen LogP contribution is 2.35. The number of carbonyl (C=O) groups excluding carboxylic acids is 2. The topological polar surface area (TPSA) is 58.6 Å². The number of hydrogen-bond donors (Lipinski definition) is 1. The number of hydrogen-bond acceptors (Lipinski definition) is 4. The molecule has 0 aromatic rings. The maximum absolute atomic E-state index is 13.1.